The number of hydrogen-bond donors (Lipinski definition) is 3. The SMILES string of the molecule is CC(C)(C)C(CCNC(=O)NCCCCCNC(=O)OCc1ccccc1)(C(C)(C)C)C(C)(C)C. The van der Waals surface area contributed by atoms with Crippen molar-refractivity contribution in [2.45, 2.75) is 94.6 Å². The van der Waals surface area contributed by atoms with Gasteiger partial charge in [-0.3, -0.25) is 0 Å². The molecule has 0 aliphatic heterocycles. The third kappa shape index (κ3) is 9.38. The summed E-state index contributed by atoms with van der Waals surface area (Å²) in [5.74, 6) is 0. The number of hydrogen-bond acceptors (Lipinski definition) is 3. The van der Waals surface area contributed by atoms with E-state index in [2.05, 4.69) is 78.3 Å². The van der Waals surface area contributed by atoms with Crippen molar-refractivity contribution < 1.29 is 14.3 Å². The maximum Gasteiger partial charge on any atom is 0.407 e. The first-order chi connectivity index (χ1) is 16.1. The zero-order valence-electron chi connectivity index (χ0n) is 23.8. The van der Waals surface area contributed by atoms with Gasteiger partial charge in [0.15, 0.2) is 0 Å². The smallest absolute Gasteiger partial charge is 0.407 e. The summed E-state index contributed by atoms with van der Waals surface area (Å²) in [5.41, 5.74) is 1.26. The van der Waals surface area contributed by atoms with Crippen LogP contribution in [0.1, 0.15) is 93.6 Å². The molecule has 6 heteroatoms. The molecular weight excluding hydrogens is 438 g/mol. The quantitative estimate of drug-likeness (QED) is 0.296. The molecule has 0 atom stereocenters. The maximum atomic E-state index is 12.3. The second-order valence-electron chi connectivity index (χ2n) is 12.6. The lowest BCUT2D eigenvalue weighted by molar-refractivity contribution is -0.127. The summed E-state index contributed by atoms with van der Waals surface area (Å²) in [5, 5.41) is 8.81. The van der Waals surface area contributed by atoms with Gasteiger partial charge in [-0.1, -0.05) is 92.6 Å². The Labute approximate surface area is 214 Å². The highest BCUT2D eigenvalue weighted by Crippen LogP contribution is 2.63. The fourth-order valence-corrected chi connectivity index (χ4v) is 6.52. The molecule has 0 heterocycles. The number of rotatable bonds is 11. The minimum atomic E-state index is -0.400. The van der Waals surface area contributed by atoms with E-state index in [1.54, 1.807) is 0 Å². The molecule has 0 unspecified atom stereocenters. The Balaban J connectivity index is 2.27. The van der Waals surface area contributed by atoms with E-state index in [1.165, 1.54) is 0 Å². The fraction of sp³-hybridized carbons (Fsp3) is 0.724. The molecule has 1 rings (SSSR count). The topological polar surface area (TPSA) is 79.5 Å². The molecule has 0 spiro atoms. The monoisotopic (exact) mass is 489 g/mol. The standard InChI is InChI=1S/C29H51N3O3/c1-26(2,3)29(27(4,5)6,28(7,8)9)18-21-31-24(33)30-19-14-11-15-20-32-25(34)35-22-23-16-12-10-13-17-23/h10,12-13,16-17H,11,14-15,18-22H2,1-9H3,(H,32,34)(H2,30,31,33). The third-order valence-corrected chi connectivity index (χ3v) is 7.25. The summed E-state index contributed by atoms with van der Waals surface area (Å²) in [6.45, 7) is 23.0. The van der Waals surface area contributed by atoms with Crippen LogP contribution in [0.3, 0.4) is 0 Å². The zero-order valence-corrected chi connectivity index (χ0v) is 23.8. The predicted molar refractivity (Wildman–Crippen MR) is 145 cm³/mol. The van der Waals surface area contributed by atoms with Gasteiger partial charge in [-0.05, 0) is 52.9 Å². The molecule has 1 aromatic rings. The Hall–Kier alpha value is -2.24. The lowest BCUT2D eigenvalue weighted by atomic mass is 9.43. The van der Waals surface area contributed by atoms with Crippen LogP contribution in [-0.2, 0) is 11.3 Å². The lowest BCUT2D eigenvalue weighted by Crippen LogP contribution is -2.56. The molecule has 0 aliphatic rings. The van der Waals surface area contributed by atoms with Crippen molar-refractivity contribution in [1.82, 2.24) is 16.0 Å². The van der Waals surface area contributed by atoms with E-state index in [-0.39, 0.29) is 34.3 Å². The molecule has 0 aliphatic carbocycles. The molecule has 1 aromatic carbocycles. The van der Waals surface area contributed by atoms with Gasteiger partial charge in [0.1, 0.15) is 6.61 Å². The zero-order chi connectivity index (χ0) is 26.8. The first-order valence-corrected chi connectivity index (χ1v) is 13.1. The molecule has 0 aromatic heterocycles. The van der Waals surface area contributed by atoms with Crippen molar-refractivity contribution in [3.8, 4) is 0 Å². The number of carbonyl (C=O) groups is 2. The second kappa shape index (κ2) is 13.2. The highest BCUT2D eigenvalue weighted by molar-refractivity contribution is 5.73. The number of ether oxygens (including phenoxy) is 1. The number of nitrogens with one attached hydrogen (secondary N) is 3. The van der Waals surface area contributed by atoms with E-state index in [1.807, 2.05) is 30.3 Å². The van der Waals surface area contributed by atoms with Crippen molar-refractivity contribution >= 4 is 12.1 Å². The molecule has 0 fully saturated rings. The highest BCUT2D eigenvalue weighted by Gasteiger charge is 2.56. The Morgan fingerprint density at radius 2 is 1.17 bits per heavy atom. The van der Waals surface area contributed by atoms with E-state index in [0.717, 1.165) is 31.2 Å². The molecule has 3 amide bonds. The molecule has 200 valence electrons. The summed E-state index contributed by atoms with van der Waals surface area (Å²) < 4.78 is 5.20. The van der Waals surface area contributed by atoms with Gasteiger partial charge in [0, 0.05) is 19.6 Å². The summed E-state index contributed by atoms with van der Waals surface area (Å²) in [7, 11) is 0. The van der Waals surface area contributed by atoms with E-state index in [9.17, 15) is 9.59 Å². The van der Waals surface area contributed by atoms with Crippen LogP contribution in [0.15, 0.2) is 30.3 Å². The van der Waals surface area contributed by atoms with Crippen LogP contribution in [0, 0.1) is 21.7 Å². The fourth-order valence-electron chi connectivity index (χ4n) is 6.52. The number of unbranched alkanes of at least 4 members (excludes halogenated alkanes) is 2. The number of carbonyl (C=O) groups excluding carboxylic acids is 2. The summed E-state index contributed by atoms with van der Waals surface area (Å²) in [6, 6.07) is 9.50. The van der Waals surface area contributed by atoms with Gasteiger partial charge in [0.25, 0.3) is 0 Å². The van der Waals surface area contributed by atoms with E-state index in [0.29, 0.717) is 19.6 Å². The predicted octanol–water partition coefficient (Wildman–Crippen LogP) is 6.90. The minimum Gasteiger partial charge on any atom is -0.445 e. The van der Waals surface area contributed by atoms with Crippen molar-refractivity contribution in [2.24, 2.45) is 21.7 Å². The minimum absolute atomic E-state index is 0.0372. The Bertz CT molecular complexity index is 735. The van der Waals surface area contributed by atoms with Gasteiger partial charge in [-0.25, -0.2) is 9.59 Å². The second-order valence-corrected chi connectivity index (χ2v) is 12.6. The van der Waals surface area contributed by atoms with E-state index in [4.69, 9.17) is 4.74 Å². The lowest BCUT2D eigenvalue weighted by Gasteiger charge is -2.61. The molecule has 0 saturated heterocycles. The number of benzene rings is 1. The molecular formula is C29H51N3O3. The number of alkyl carbamates (subject to hydrolysis) is 1. The Kier molecular flexibility index (Phi) is 11.6. The average Bonchev–Trinajstić information content (AvgIpc) is 2.72. The van der Waals surface area contributed by atoms with Gasteiger partial charge < -0.3 is 20.7 Å². The first kappa shape index (κ1) is 30.8. The van der Waals surface area contributed by atoms with Crippen LogP contribution in [-0.4, -0.2) is 31.8 Å². The summed E-state index contributed by atoms with van der Waals surface area (Å²) in [6.07, 6.45) is 3.14. The molecule has 3 N–H and O–H groups in total. The van der Waals surface area contributed by atoms with Crippen LogP contribution in [0.2, 0.25) is 0 Å². The van der Waals surface area contributed by atoms with Gasteiger partial charge in [0.2, 0.25) is 0 Å². The van der Waals surface area contributed by atoms with Gasteiger partial charge in [0.05, 0.1) is 0 Å². The highest BCUT2D eigenvalue weighted by atomic mass is 16.5. The average molecular weight is 490 g/mol. The van der Waals surface area contributed by atoms with E-state index < -0.39 is 6.09 Å². The maximum absolute atomic E-state index is 12.3. The molecule has 35 heavy (non-hydrogen) atoms. The van der Waals surface area contributed by atoms with Gasteiger partial charge in [-0.15, -0.1) is 0 Å². The number of amides is 3. The van der Waals surface area contributed by atoms with Crippen molar-refractivity contribution in [3.63, 3.8) is 0 Å². The van der Waals surface area contributed by atoms with Gasteiger partial charge >= 0.3 is 12.1 Å². The molecule has 0 saturated carbocycles. The largest absolute Gasteiger partial charge is 0.445 e. The molecule has 0 bridgehead atoms. The molecule has 6 nitrogen and oxygen atoms in total. The van der Waals surface area contributed by atoms with E-state index >= 15 is 0 Å². The van der Waals surface area contributed by atoms with Crippen LogP contribution < -0.4 is 16.0 Å². The Morgan fingerprint density at radius 3 is 1.69 bits per heavy atom. The van der Waals surface area contributed by atoms with Crippen LogP contribution in [0.25, 0.3) is 0 Å². The van der Waals surface area contributed by atoms with Crippen molar-refractivity contribution in [1.29, 1.82) is 0 Å². The van der Waals surface area contributed by atoms with Crippen molar-refractivity contribution in [3.05, 3.63) is 35.9 Å². The summed E-state index contributed by atoms with van der Waals surface area (Å²) >= 11 is 0. The van der Waals surface area contributed by atoms with Crippen LogP contribution in [0.4, 0.5) is 9.59 Å². The first-order valence-electron chi connectivity index (χ1n) is 13.1. The van der Waals surface area contributed by atoms with Crippen molar-refractivity contribution in [2.75, 3.05) is 19.6 Å². The molecule has 0 radical (unpaired) electrons. The van der Waals surface area contributed by atoms with Crippen LogP contribution >= 0.6 is 0 Å². The van der Waals surface area contributed by atoms with Gasteiger partial charge in [-0.2, -0.15) is 0 Å². The normalized spacial score (nSPS) is 12.7. The summed E-state index contributed by atoms with van der Waals surface area (Å²) in [4.78, 5) is 24.1. The third-order valence-electron chi connectivity index (χ3n) is 7.25. The number of urea groups is 1. The van der Waals surface area contributed by atoms with Crippen LogP contribution in [0.5, 0.6) is 0 Å². The Morgan fingerprint density at radius 1 is 0.686 bits per heavy atom.